The summed E-state index contributed by atoms with van der Waals surface area (Å²) in [5, 5.41) is 13.1. The third kappa shape index (κ3) is 5.73. The topological polar surface area (TPSA) is 128 Å². The van der Waals surface area contributed by atoms with Gasteiger partial charge >= 0.3 is 6.09 Å². The van der Waals surface area contributed by atoms with Gasteiger partial charge in [0.2, 0.25) is 6.41 Å². The van der Waals surface area contributed by atoms with Crippen LogP contribution in [0.15, 0.2) is 85.1 Å². The molecule has 0 saturated heterocycles. The lowest BCUT2D eigenvalue weighted by Gasteiger charge is -2.18. The Bertz CT molecular complexity index is 1530. The number of aromatic nitrogens is 4. The van der Waals surface area contributed by atoms with Gasteiger partial charge in [-0.15, -0.1) is 10.2 Å². The standard InChI is InChI=1S/C29H27N6O3/c30-29(37)38-23-13-10-21(11-14-23)18-35-27(15-12-22-17-31-25-9-5-4-8-24(22)25)33-34-28(35)26(32-19-36)16-20-6-2-1-3-7-20/h1-11,13-15,17,19,26,31H,12,16,18H2,(H2,30,37)(H,32,36)/t26-/m1/s1. The number of nitrogens with two attached hydrogens (primary N) is 1. The Balaban J connectivity index is 1.45. The fraction of sp³-hybridized carbons (Fsp3) is 0.138. The van der Waals surface area contributed by atoms with Crippen molar-refractivity contribution in [3.63, 3.8) is 0 Å². The SMILES string of the molecule is NC(=O)Oc1ccc(Cn2c([CH]Cc3c[nH]c4ccccc34)nnc2[C@@H](Cc2ccccc2)NC=O)cc1. The van der Waals surface area contributed by atoms with Gasteiger partial charge in [0.1, 0.15) is 11.6 Å². The molecule has 0 unspecified atom stereocenters. The highest BCUT2D eigenvalue weighted by atomic mass is 16.5. The van der Waals surface area contributed by atoms with Crippen LogP contribution < -0.4 is 15.8 Å². The molecular formula is C29H27N6O3. The average molecular weight is 508 g/mol. The lowest BCUT2D eigenvalue weighted by Crippen LogP contribution is -2.26. The summed E-state index contributed by atoms with van der Waals surface area (Å²) >= 11 is 0. The number of fused-ring (bicyclic) bond motifs is 1. The van der Waals surface area contributed by atoms with Crippen molar-refractivity contribution in [1.29, 1.82) is 0 Å². The quantitative estimate of drug-likeness (QED) is 0.232. The van der Waals surface area contributed by atoms with Crippen LogP contribution in [0.3, 0.4) is 0 Å². The van der Waals surface area contributed by atoms with E-state index in [1.165, 1.54) is 0 Å². The van der Waals surface area contributed by atoms with E-state index in [1.807, 2.05) is 77.8 Å². The first-order valence-corrected chi connectivity index (χ1v) is 12.2. The van der Waals surface area contributed by atoms with Crippen molar-refractivity contribution in [1.82, 2.24) is 25.1 Å². The van der Waals surface area contributed by atoms with Gasteiger partial charge in [-0.25, -0.2) is 4.79 Å². The van der Waals surface area contributed by atoms with Gasteiger partial charge in [0.25, 0.3) is 0 Å². The molecule has 0 spiro atoms. The number of carbonyl (C=O) groups excluding carboxylic acids is 2. The number of nitrogens with one attached hydrogen (secondary N) is 2. The van der Waals surface area contributed by atoms with Crippen molar-refractivity contribution in [2.24, 2.45) is 5.73 Å². The van der Waals surface area contributed by atoms with Crippen LogP contribution in [0.1, 0.15) is 34.4 Å². The molecule has 0 aliphatic carbocycles. The monoisotopic (exact) mass is 507 g/mol. The number of primary amides is 1. The second-order valence-electron chi connectivity index (χ2n) is 8.86. The smallest absolute Gasteiger partial charge is 0.409 e. The Labute approximate surface area is 219 Å². The van der Waals surface area contributed by atoms with Gasteiger partial charge in [0.15, 0.2) is 5.82 Å². The highest BCUT2D eigenvalue weighted by molar-refractivity contribution is 5.83. The van der Waals surface area contributed by atoms with E-state index in [0.717, 1.165) is 27.6 Å². The van der Waals surface area contributed by atoms with Gasteiger partial charge in [-0.2, -0.15) is 0 Å². The molecule has 0 bridgehead atoms. The number of nitrogens with zero attached hydrogens (tertiary/aromatic N) is 3. The number of hydrogen-bond donors (Lipinski definition) is 3. The Morgan fingerprint density at radius 2 is 1.76 bits per heavy atom. The number of benzene rings is 3. The van der Waals surface area contributed by atoms with E-state index in [2.05, 4.69) is 26.6 Å². The van der Waals surface area contributed by atoms with Gasteiger partial charge < -0.3 is 25.3 Å². The lowest BCUT2D eigenvalue weighted by molar-refractivity contribution is -0.110. The van der Waals surface area contributed by atoms with Crippen LogP contribution in [0.2, 0.25) is 0 Å². The first kappa shape index (κ1) is 24.8. The summed E-state index contributed by atoms with van der Waals surface area (Å²) < 4.78 is 6.96. The van der Waals surface area contributed by atoms with E-state index >= 15 is 0 Å². The predicted octanol–water partition coefficient (Wildman–Crippen LogP) is 4.09. The Morgan fingerprint density at radius 1 is 1.00 bits per heavy atom. The van der Waals surface area contributed by atoms with Gasteiger partial charge in [-0.05, 0) is 47.7 Å². The van der Waals surface area contributed by atoms with Gasteiger partial charge in [0, 0.05) is 23.5 Å². The molecule has 0 aliphatic rings. The Kier molecular flexibility index (Phi) is 7.44. The number of para-hydroxylation sites is 1. The van der Waals surface area contributed by atoms with Gasteiger partial charge in [-0.3, -0.25) is 4.79 Å². The van der Waals surface area contributed by atoms with Gasteiger partial charge in [0.05, 0.1) is 12.6 Å². The molecule has 191 valence electrons. The molecule has 9 nitrogen and oxygen atoms in total. The van der Waals surface area contributed by atoms with Crippen LogP contribution in [0, 0.1) is 6.42 Å². The highest BCUT2D eigenvalue weighted by Crippen LogP contribution is 2.24. The molecule has 1 radical (unpaired) electrons. The molecule has 3 aromatic carbocycles. The molecule has 5 rings (SSSR count). The van der Waals surface area contributed by atoms with E-state index in [1.54, 1.807) is 12.1 Å². The Morgan fingerprint density at radius 3 is 2.53 bits per heavy atom. The summed E-state index contributed by atoms with van der Waals surface area (Å²) in [6.45, 7) is 0.449. The molecule has 2 amide bonds. The molecule has 2 aromatic heterocycles. The molecule has 2 heterocycles. The van der Waals surface area contributed by atoms with E-state index in [9.17, 15) is 9.59 Å². The van der Waals surface area contributed by atoms with Crippen molar-refractivity contribution in [2.45, 2.75) is 25.4 Å². The minimum Gasteiger partial charge on any atom is -0.411 e. The van der Waals surface area contributed by atoms with Crippen LogP contribution >= 0.6 is 0 Å². The van der Waals surface area contributed by atoms with Crippen LogP contribution in [0.5, 0.6) is 5.75 Å². The average Bonchev–Trinajstić information content (AvgIpc) is 3.52. The van der Waals surface area contributed by atoms with E-state index in [-0.39, 0.29) is 6.04 Å². The number of ether oxygens (including phenoxy) is 1. The number of H-pyrrole nitrogens is 1. The van der Waals surface area contributed by atoms with Crippen LogP contribution in [0.4, 0.5) is 4.79 Å². The third-order valence-corrected chi connectivity index (χ3v) is 6.33. The zero-order valence-electron chi connectivity index (χ0n) is 20.6. The maximum atomic E-state index is 11.6. The summed E-state index contributed by atoms with van der Waals surface area (Å²) in [4.78, 5) is 25.9. The largest absolute Gasteiger partial charge is 0.411 e. The molecule has 1 atom stereocenters. The number of carbonyl (C=O) groups is 2. The minimum absolute atomic E-state index is 0.362. The molecule has 0 saturated carbocycles. The summed E-state index contributed by atoms with van der Waals surface area (Å²) in [6, 6.07) is 24.8. The fourth-order valence-electron chi connectivity index (χ4n) is 4.52. The number of amides is 2. The molecular weight excluding hydrogens is 480 g/mol. The first-order valence-electron chi connectivity index (χ1n) is 12.2. The summed E-state index contributed by atoms with van der Waals surface area (Å²) in [6.07, 6.45) is 5.09. The maximum Gasteiger partial charge on any atom is 0.409 e. The van der Waals surface area contributed by atoms with Crippen molar-refractivity contribution in [3.05, 3.63) is 120 Å². The summed E-state index contributed by atoms with van der Waals surface area (Å²) in [7, 11) is 0. The van der Waals surface area contributed by atoms with E-state index in [0.29, 0.717) is 43.2 Å². The number of rotatable bonds is 11. The lowest BCUT2D eigenvalue weighted by atomic mass is 10.0. The molecule has 9 heteroatoms. The van der Waals surface area contributed by atoms with Crippen LogP contribution in [0.25, 0.3) is 10.9 Å². The van der Waals surface area contributed by atoms with Crippen LogP contribution in [-0.2, 0) is 24.2 Å². The molecule has 4 N–H and O–H groups in total. The van der Waals surface area contributed by atoms with Crippen molar-refractivity contribution < 1.29 is 14.3 Å². The first-order chi connectivity index (χ1) is 18.6. The molecule has 5 aromatic rings. The third-order valence-electron chi connectivity index (χ3n) is 6.33. The second-order valence-corrected chi connectivity index (χ2v) is 8.86. The zero-order chi connectivity index (χ0) is 26.3. The van der Waals surface area contributed by atoms with Crippen LogP contribution in [-0.4, -0.2) is 32.3 Å². The fourth-order valence-corrected chi connectivity index (χ4v) is 4.52. The summed E-state index contributed by atoms with van der Waals surface area (Å²) in [5.74, 6) is 1.69. The van der Waals surface area contributed by atoms with E-state index < -0.39 is 6.09 Å². The molecule has 0 aliphatic heterocycles. The normalized spacial score (nSPS) is 11.8. The number of hydrogen-bond acceptors (Lipinski definition) is 5. The Hall–Kier alpha value is -4.92. The molecule has 38 heavy (non-hydrogen) atoms. The van der Waals surface area contributed by atoms with E-state index in [4.69, 9.17) is 10.5 Å². The molecule has 0 fully saturated rings. The van der Waals surface area contributed by atoms with Crippen molar-refractivity contribution in [3.8, 4) is 5.75 Å². The zero-order valence-corrected chi connectivity index (χ0v) is 20.6. The van der Waals surface area contributed by atoms with Crippen molar-refractivity contribution >= 4 is 23.4 Å². The second kappa shape index (κ2) is 11.4. The predicted molar refractivity (Wildman–Crippen MR) is 143 cm³/mol. The van der Waals surface area contributed by atoms with Crippen molar-refractivity contribution in [2.75, 3.05) is 0 Å². The van der Waals surface area contributed by atoms with Gasteiger partial charge in [-0.1, -0.05) is 60.7 Å². The minimum atomic E-state index is -0.864. The maximum absolute atomic E-state index is 11.6. The number of aromatic amines is 1. The highest BCUT2D eigenvalue weighted by Gasteiger charge is 2.22. The summed E-state index contributed by atoms with van der Waals surface area (Å²) in [5.41, 5.74) is 9.36.